The van der Waals surface area contributed by atoms with Crippen LogP contribution in [-0.4, -0.2) is 38.5 Å². The van der Waals surface area contributed by atoms with Gasteiger partial charge in [-0.05, 0) is 37.5 Å². The van der Waals surface area contributed by atoms with E-state index >= 15 is 0 Å². The number of hydrogen-bond acceptors (Lipinski definition) is 4. The number of halogens is 1. The Balaban J connectivity index is 2.16. The van der Waals surface area contributed by atoms with E-state index in [2.05, 4.69) is 0 Å². The SMILES string of the molecule is CCOC1CCN(S(=O)(=O)c2ccc(CN)cc2Cl)CC1. The highest BCUT2D eigenvalue weighted by Gasteiger charge is 2.30. The molecule has 0 aliphatic carbocycles. The minimum Gasteiger partial charge on any atom is -0.378 e. The highest BCUT2D eigenvalue weighted by Crippen LogP contribution is 2.28. The van der Waals surface area contributed by atoms with Crippen LogP contribution in [0.3, 0.4) is 0 Å². The van der Waals surface area contributed by atoms with Crippen molar-refractivity contribution in [2.75, 3.05) is 19.7 Å². The van der Waals surface area contributed by atoms with Crippen LogP contribution < -0.4 is 5.73 Å². The molecular formula is C14H21ClN2O3S. The first kappa shape index (κ1) is 16.7. The number of benzene rings is 1. The van der Waals surface area contributed by atoms with Crippen molar-refractivity contribution >= 4 is 21.6 Å². The van der Waals surface area contributed by atoms with Crippen molar-refractivity contribution in [1.29, 1.82) is 0 Å². The maximum Gasteiger partial charge on any atom is 0.244 e. The minimum absolute atomic E-state index is 0.149. The van der Waals surface area contributed by atoms with Gasteiger partial charge in [-0.3, -0.25) is 0 Å². The highest BCUT2D eigenvalue weighted by atomic mass is 35.5. The molecule has 1 fully saturated rings. The molecule has 0 amide bonds. The molecule has 2 rings (SSSR count). The molecule has 0 bridgehead atoms. The van der Waals surface area contributed by atoms with Crippen LogP contribution in [0.25, 0.3) is 0 Å². The van der Waals surface area contributed by atoms with Crippen LogP contribution in [0.4, 0.5) is 0 Å². The second-order valence-electron chi connectivity index (χ2n) is 5.03. The van der Waals surface area contributed by atoms with Crippen LogP contribution in [0.5, 0.6) is 0 Å². The molecule has 5 nitrogen and oxygen atoms in total. The van der Waals surface area contributed by atoms with E-state index in [1.54, 1.807) is 12.1 Å². The first-order chi connectivity index (χ1) is 9.98. The van der Waals surface area contributed by atoms with Gasteiger partial charge in [0.25, 0.3) is 0 Å². The molecule has 1 heterocycles. The van der Waals surface area contributed by atoms with Gasteiger partial charge in [-0.1, -0.05) is 17.7 Å². The third kappa shape index (κ3) is 3.76. The number of ether oxygens (including phenoxy) is 1. The molecule has 0 unspecified atom stereocenters. The first-order valence-corrected chi connectivity index (χ1v) is 8.91. The summed E-state index contributed by atoms with van der Waals surface area (Å²) in [4.78, 5) is 0.149. The van der Waals surface area contributed by atoms with E-state index in [1.165, 1.54) is 10.4 Å². The molecule has 1 aromatic rings. The fraction of sp³-hybridized carbons (Fsp3) is 0.571. The number of hydrogen-bond donors (Lipinski definition) is 1. The third-order valence-corrected chi connectivity index (χ3v) is 6.03. The van der Waals surface area contributed by atoms with Crippen LogP contribution in [0.2, 0.25) is 5.02 Å². The fourth-order valence-electron chi connectivity index (χ4n) is 2.49. The number of rotatable bonds is 5. The molecule has 118 valence electrons. The molecule has 1 saturated heterocycles. The zero-order valence-corrected chi connectivity index (χ0v) is 13.7. The molecule has 21 heavy (non-hydrogen) atoms. The molecule has 0 saturated carbocycles. The van der Waals surface area contributed by atoms with E-state index in [0.717, 1.165) is 5.56 Å². The molecule has 1 aliphatic heterocycles. The summed E-state index contributed by atoms with van der Waals surface area (Å²) in [6.07, 6.45) is 1.58. The van der Waals surface area contributed by atoms with Crippen molar-refractivity contribution in [2.24, 2.45) is 5.73 Å². The lowest BCUT2D eigenvalue weighted by atomic mass is 10.1. The van der Waals surface area contributed by atoms with Crippen molar-refractivity contribution in [1.82, 2.24) is 4.31 Å². The Kier molecular flexibility index (Phi) is 5.62. The quantitative estimate of drug-likeness (QED) is 0.895. The Labute approximate surface area is 131 Å². The van der Waals surface area contributed by atoms with Gasteiger partial charge < -0.3 is 10.5 Å². The number of piperidine rings is 1. The largest absolute Gasteiger partial charge is 0.378 e. The molecule has 0 aromatic heterocycles. The lowest BCUT2D eigenvalue weighted by molar-refractivity contribution is 0.0290. The summed E-state index contributed by atoms with van der Waals surface area (Å²) in [7, 11) is -3.55. The fourth-order valence-corrected chi connectivity index (χ4v) is 4.51. The minimum atomic E-state index is -3.55. The van der Waals surface area contributed by atoms with E-state index < -0.39 is 10.0 Å². The average molecular weight is 333 g/mol. The molecule has 0 spiro atoms. The molecule has 7 heteroatoms. The highest BCUT2D eigenvalue weighted by molar-refractivity contribution is 7.89. The van der Waals surface area contributed by atoms with Gasteiger partial charge >= 0.3 is 0 Å². The molecule has 2 N–H and O–H groups in total. The number of nitrogens with two attached hydrogens (primary N) is 1. The molecule has 1 aliphatic rings. The van der Waals surface area contributed by atoms with Gasteiger partial charge in [0.15, 0.2) is 0 Å². The number of sulfonamides is 1. The Bertz CT molecular complexity index is 584. The summed E-state index contributed by atoms with van der Waals surface area (Å²) in [6.45, 7) is 3.86. The Morgan fingerprint density at radius 2 is 2.05 bits per heavy atom. The summed E-state index contributed by atoms with van der Waals surface area (Å²) in [5.74, 6) is 0. The Morgan fingerprint density at radius 1 is 1.38 bits per heavy atom. The van der Waals surface area contributed by atoms with Gasteiger partial charge in [-0.15, -0.1) is 0 Å². The number of nitrogens with zero attached hydrogens (tertiary/aromatic N) is 1. The van der Waals surface area contributed by atoms with Gasteiger partial charge in [-0.2, -0.15) is 4.31 Å². The van der Waals surface area contributed by atoms with Gasteiger partial charge in [0.2, 0.25) is 10.0 Å². The Morgan fingerprint density at radius 3 is 2.57 bits per heavy atom. The summed E-state index contributed by atoms with van der Waals surface area (Å²) in [5, 5.41) is 0.227. The van der Waals surface area contributed by atoms with Crippen molar-refractivity contribution in [3.05, 3.63) is 28.8 Å². The van der Waals surface area contributed by atoms with Crippen LogP contribution >= 0.6 is 11.6 Å². The normalized spacial score (nSPS) is 18.0. The summed E-state index contributed by atoms with van der Waals surface area (Å²) in [6, 6.07) is 4.85. The molecule has 0 atom stereocenters. The van der Waals surface area contributed by atoms with Crippen molar-refractivity contribution in [3.8, 4) is 0 Å². The van der Waals surface area contributed by atoms with Gasteiger partial charge in [0.05, 0.1) is 11.1 Å². The van der Waals surface area contributed by atoms with Crippen LogP contribution in [0, 0.1) is 0 Å². The summed E-state index contributed by atoms with van der Waals surface area (Å²) < 4.78 is 32.3. The molecular weight excluding hydrogens is 312 g/mol. The van der Waals surface area contributed by atoms with E-state index in [-0.39, 0.29) is 16.0 Å². The lowest BCUT2D eigenvalue weighted by Gasteiger charge is -2.31. The molecule has 1 aromatic carbocycles. The van der Waals surface area contributed by atoms with Crippen LogP contribution in [0.1, 0.15) is 25.3 Å². The average Bonchev–Trinajstić information content (AvgIpc) is 2.47. The van der Waals surface area contributed by atoms with Crippen LogP contribution in [-0.2, 0) is 21.3 Å². The summed E-state index contributed by atoms with van der Waals surface area (Å²) >= 11 is 6.10. The lowest BCUT2D eigenvalue weighted by Crippen LogP contribution is -2.40. The smallest absolute Gasteiger partial charge is 0.244 e. The van der Waals surface area contributed by atoms with Crippen molar-refractivity contribution in [3.63, 3.8) is 0 Å². The maximum atomic E-state index is 12.6. The third-order valence-electron chi connectivity index (χ3n) is 3.65. The van der Waals surface area contributed by atoms with Gasteiger partial charge in [0, 0.05) is 26.2 Å². The van der Waals surface area contributed by atoms with Crippen molar-refractivity contribution in [2.45, 2.75) is 37.3 Å². The zero-order chi connectivity index (χ0) is 15.5. The second kappa shape index (κ2) is 7.07. The van der Waals surface area contributed by atoms with E-state index in [9.17, 15) is 8.42 Å². The van der Waals surface area contributed by atoms with Gasteiger partial charge in [-0.25, -0.2) is 8.42 Å². The monoisotopic (exact) mass is 332 g/mol. The van der Waals surface area contributed by atoms with Crippen molar-refractivity contribution < 1.29 is 13.2 Å². The summed E-state index contributed by atoms with van der Waals surface area (Å²) in [5.41, 5.74) is 6.35. The first-order valence-electron chi connectivity index (χ1n) is 7.09. The van der Waals surface area contributed by atoms with Gasteiger partial charge in [0.1, 0.15) is 4.90 Å². The van der Waals surface area contributed by atoms with E-state index in [4.69, 9.17) is 22.1 Å². The predicted molar refractivity (Wildman–Crippen MR) is 82.8 cm³/mol. The standard InChI is InChI=1S/C14H21ClN2O3S/c1-2-20-12-5-7-17(8-6-12)21(18,19)14-4-3-11(10-16)9-13(14)15/h3-4,9,12H,2,5-8,10,16H2,1H3. The van der Waals surface area contributed by atoms with E-state index in [0.29, 0.717) is 39.1 Å². The van der Waals surface area contributed by atoms with E-state index in [1.807, 2.05) is 6.92 Å². The Hall–Kier alpha value is -0.660. The predicted octanol–water partition coefficient (Wildman–Crippen LogP) is 1.99. The second-order valence-corrected chi connectivity index (χ2v) is 7.34. The topological polar surface area (TPSA) is 72.6 Å². The maximum absolute atomic E-state index is 12.6. The molecule has 0 radical (unpaired) electrons. The van der Waals surface area contributed by atoms with Crippen LogP contribution in [0.15, 0.2) is 23.1 Å². The zero-order valence-electron chi connectivity index (χ0n) is 12.1.